The van der Waals surface area contributed by atoms with Crippen molar-refractivity contribution in [1.29, 1.82) is 0 Å². The van der Waals surface area contributed by atoms with E-state index >= 15 is 0 Å². The first-order valence-electron chi connectivity index (χ1n) is 34.1. The van der Waals surface area contributed by atoms with Crippen molar-refractivity contribution in [3.05, 3.63) is 270 Å². The van der Waals surface area contributed by atoms with E-state index < -0.39 is 18.2 Å². The van der Waals surface area contributed by atoms with Crippen LogP contribution in [0.25, 0.3) is 33.4 Å². The molecule has 0 aromatic heterocycles. The van der Waals surface area contributed by atoms with Crippen LogP contribution in [0.4, 0.5) is 0 Å². The second kappa shape index (κ2) is 58.9. The van der Waals surface area contributed by atoms with E-state index in [0.717, 1.165) is 50.9 Å². The Morgan fingerprint density at radius 1 is 0.398 bits per heavy atom. The molecule has 0 aliphatic carbocycles. The zero-order chi connectivity index (χ0) is 71.7. The molecule has 98 heavy (non-hydrogen) atoms. The van der Waals surface area contributed by atoms with Crippen LogP contribution >= 0.6 is 0 Å². The number of hydrogen-bond acceptors (Lipinski definition) is 11. The van der Waals surface area contributed by atoms with Gasteiger partial charge in [0, 0.05) is 39.6 Å². The molecular formula is C85H108O12Y-2. The molecule has 0 bridgehead atoms. The van der Waals surface area contributed by atoms with Crippen LogP contribution < -0.4 is 14.2 Å². The third-order valence-corrected chi connectivity index (χ3v) is 13.9. The molecule has 1 aliphatic rings. The normalized spacial score (nSPS) is 11.3. The Morgan fingerprint density at radius 3 is 0.827 bits per heavy atom. The molecule has 9 aromatic rings. The van der Waals surface area contributed by atoms with E-state index in [0.29, 0.717) is 30.7 Å². The fourth-order valence-corrected chi connectivity index (χ4v) is 8.33. The molecule has 9 aromatic carbocycles. The van der Waals surface area contributed by atoms with Gasteiger partial charge in [-0.1, -0.05) is 296 Å². The summed E-state index contributed by atoms with van der Waals surface area (Å²) in [5, 5.41) is 25.3. The van der Waals surface area contributed by atoms with Crippen molar-refractivity contribution in [2.75, 3.05) is 39.6 Å². The molecule has 3 atom stereocenters. The average Bonchev–Trinajstić information content (AvgIpc) is 1.31. The molecule has 13 heteroatoms. The molecule has 525 valence electrons. The predicted molar refractivity (Wildman–Crippen MR) is 400 cm³/mol. The van der Waals surface area contributed by atoms with Gasteiger partial charge < -0.3 is 53.3 Å². The van der Waals surface area contributed by atoms with Gasteiger partial charge in [-0.25, -0.2) is 0 Å². The topological polar surface area (TPSA) is 171 Å². The first kappa shape index (κ1) is 89.8. The van der Waals surface area contributed by atoms with Gasteiger partial charge in [0.1, 0.15) is 62.0 Å². The van der Waals surface area contributed by atoms with Crippen LogP contribution in [0.3, 0.4) is 0 Å². The van der Waals surface area contributed by atoms with Crippen LogP contribution in [0, 0.1) is 0 Å². The van der Waals surface area contributed by atoms with Crippen molar-refractivity contribution in [1.82, 2.24) is 0 Å². The molecule has 10 rings (SSSR count). The maximum Gasteiger partial charge on any atom is 0.302 e. The van der Waals surface area contributed by atoms with Crippen molar-refractivity contribution < 1.29 is 90.8 Å². The number of hydrogen-bond donors (Lipinski definition) is 3. The smallest absolute Gasteiger partial charge is 0.302 e. The largest absolute Gasteiger partial charge is 0.665 e. The summed E-state index contributed by atoms with van der Waals surface area (Å²) in [6.45, 7) is 29.7. The summed E-state index contributed by atoms with van der Waals surface area (Å²) in [5.41, 5.74) is 16.2. The summed E-state index contributed by atoms with van der Waals surface area (Å²) in [7, 11) is 0. The molecule has 1 saturated heterocycles. The monoisotopic (exact) mass is 1410 g/mol. The minimum Gasteiger partial charge on any atom is -0.665 e. The summed E-state index contributed by atoms with van der Waals surface area (Å²) in [6, 6.07) is 81.0. The van der Waals surface area contributed by atoms with Crippen molar-refractivity contribution in [3.8, 4) is 50.6 Å². The molecular weight excluding hydrogens is 1300 g/mol. The molecule has 0 saturated carbocycles. The number of epoxide rings is 1. The van der Waals surface area contributed by atoms with Crippen LogP contribution in [0.5, 0.6) is 17.2 Å². The molecule has 1 heterocycles. The Hall–Kier alpha value is -8.23. The Balaban J connectivity index is 0.00000112. The van der Waals surface area contributed by atoms with Gasteiger partial charge >= 0.3 is 5.97 Å². The average molecular weight is 1410 g/mol. The number of ether oxygens (including phenoxy) is 6. The van der Waals surface area contributed by atoms with Crippen molar-refractivity contribution in [2.45, 2.75) is 147 Å². The number of esters is 1. The second-order valence-electron chi connectivity index (χ2n) is 20.7. The number of benzene rings is 9. The van der Waals surface area contributed by atoms with E-state index in [1.807, 2.05) is 108 Å². The van der Waals surface area contributed by atoms with E-state index in [-0.39, 0.29) is 59.1 Å². The fourth-order valence-electron chi connectivity index (χ4n) is 8.33. The summed E-state index contributed by atoms with van der Waals surface area (Å²) in [4.78, 5) is 28.4. The molecule has 12 nitrogen and oxygen atoms in total. The molecule has 3 N–H and O–H groups in total. The number of aliphatic hydroxyl groups excluding tert-OH is 3. The quantitative estimate of drug-likeness (QED) is 0.0315. The van der Waals surface area contributed by atoms with Gasteiger partial charge in [-0.15, -0.1) is 0 Å². The number of carbonyl (C=O) groups excluding carboxylic acids is 2. The minimum absolute atomic E-state index is 0. The van der Waals surface area contributed by atoms with E-state index in [1.165, 1.54) is 80.2 Å². The Kier molecular flexibility index (Phi) is 53.9. The number of carbonyl (C=O) groups is 1. The molecule has 3 unspecified atom stereocenters. The van der Waals surface area contributed by atoms with Crippen LogP contribution in [0.1, 0.15) is 123 Å². The standard InChI is InChI=1S/3C16H18.C11H14O4.C10H11O4.C9H10O2.3C2H6.CHO2.Y/c3*1-3-13-5-9-15(10-6-13)16-11-7-14(4-2)8-12-16;1-9(12)14-7-10(13)8-15-11-5-3-2-4-6-11;11-8-13-6-9(12)7-14-10-4-2-1-3-5-10;1-2-4-8(5-3-1)10-6-9-7-11-9;3*1-2;2-1-3;/h3*5-12H,3-4H2,1-2H3;2-6,10,13H,7-8H2,1H3;1-5,9,12H,6-7H2;1-5,9H,6-7H2;3*1-2H3;(H,2,3);/q;;;;-1;;;;;-1;. The van der Waals surface area contributed by atoms with Crippen LogP contribution in [-0.4, -0.2) is 92.2 Å². The number of para-hydroxylation sites is 3. The minimum atomic E-state index is -0.823. The molecule has 1 radical (unpaired) electrons. The van der Waals surface area contributed by atoms with Crippen molar-refractivity contribution in [3.63, 3.8) is 0 Å². The van der Waals surface area contributed by atoms with Crippen molar-refractivity contribution in [2.24, 2.45) is 0 Å². The Morgan fingerprint density at radius 2 is 0.622 bits per heavy atom. The van der Waals surface area contributed by atoms with Gasteiger partial charge in [0.15, 0.2) is 0 Å². The van der Waals surface area contributed by atoms with Gasteiger partial charge in [0.2, 0.25) is 0 Å². The third kappa shape index (κ3) is 41.1. The Labute approximate surface area is 612 Å². The second-order valence-corrected chi connectivity index (χ2v) is 20.7. The van der Waals surface area contributed by atoms with Gasteiger partial charge in [0.25, 0.3) is 0 Å². The van der Waals surface area contributed by atoms with Gasteiger partial charge in [-0.3, -0.25) is 4.79 Å². The Bertz CT molecular complexity index is 2940. The fraction of sp³-hybridized carbons (Fsp3) is 0.329. The zero-order valence-corrected chi connectivity index (χ0v) is 63.2. The summed E-state index contributed by atoms with van der Waals surface area (Å²) in [5.74, 6) is 1.86. The van der Waals surface area contributed by atoms with E-state index in [2.05, 4.69) is 197 Å². The molecule has 0 amide bonds. The van der Waals surface area contributed by atoms with Gasteiger partial charge in [-0.2, -0.15) is 0 Å². The predicted octanol–water partition coefficient (Wildman–Crippen LogP) is 19.1. The summed E-state index contributed by atoms with van der Waals surface area (Å²) in [6.07, 6.45) is 5.36. The van der Waals surface area contributed by atoms with Gasteiger partial charge in [-0.05, 0) is 142 Å². The maximum absolute atomic E-state index is 10.4. The van der Waals surface area contributed by atoms with Crippen molar-refractivity contribution >= 4 is 18.9 Å². The van der Waals surface area contributed by atoms with E-state index in [1.54, 1.807) is 24.3 Å². The number of aryl methyl sites for hydroxylation is 6. The first-order chi connectivity index (χ1) is 47.4. The SMILES string of the molecule is CC.CC.CC.CC(=O)OCC(O)COc1ccccc1.CCc1ccc(-c2ccc(CC)cc2)cc1.CCc1ccc(-c2ccc(CC)cc2)cc1.CCc1ccc(-c2ccc(CC)cc2)cc1.O=[C-]O.O=[C-]OCC(O)COc1ccccc1.[Y].c1ccc(OCC2CO2)cc1. The molecule has 1 aliphatic heterocycles. The van der Waals surface area contributed by atoms with E-state index in [9.17, 15) is 19.8 Å². The van der Waals surface area contributed by atoms with E-state index in [4.69, 9.17) is 28.8 Å². The zero-order valence-electron chi connectivity index (χ0n) is 60.3. The summed E-state index contributed by atoms with van der Waals surface area (Å²) >= 11 is 0. The van der Waals surface area contributed by atoms with Gasteiger partial charge in [0.05, 0.1) is 13.2 Å². The number of aliphatic hydroxyl groups is 2. The first-order valence-corrected chi connectivity index (χ1v) is 34.1. The maximum atomic E-state index is 10.4. The molecule has 1 fully saturated rings. The summed E-state index contributed by atoms with van der Waals surface area (Å²) < 4.78 is 29.7. The molecule has 0 spiro atoms. The van der Waals surface area contributed by atoms with Crippen LogP contribution in [0.2, 0.25) is 0 Å². The third-order valence-electron chi connectivity index (χ3n) is 13.9. The van der Waals surface area contributed by atoms with Crippen LogP contribution in [0.15, 0.2) is 237 Å². The van der Waals surface area contributed by atoms with Crippen LogP contribution in [-0.2, 0) is 99.8 Å². The number of rotatable bonds is 23.